The first-order valence-corrected chi connectivity index (χ1v) is 12.6. The third-order valence-corrected chi connectivity index (χ3v) is 6.50. The number of hydrogen-bond acceptors (Lipinski definition) is 6. The zero-order valence-corrected chi connectivity index (χ0v) is 19.8. The lowest BCUT2D eigenvalue weighted by molar-refractivity contribution is -0.119. The summed E-state index contributed by atoms with van der Waals surface area (Å²) in [6, 6.07) is 16.0. The number of nitrogens with one attached hydrogen (secondary N) is 1. The number of benzene rings is 2. The van der Waals surface area contributed by atoms with Gasteiger partial charge in [0.25, 0.3) is 5.91 Å². The Kier molecular flexibility index (Phi) is 8.29. The van der Waals surface area contributed by atoms with Crippen molar-refractivity contribution < 1.29 is 22.7 Å². The normalized spacial score (nSPS) is 13.9. The molecule has 33 heavy (non-hydrogen) atoms. The molecule has 178 valence electrons. The molecule has 1 heterocycles. The average Bonchev–Trinajstić information content (AvgIpc) is 2.82. The van der Waals surface area contributed by atoms with Crippen molar-refractivity contribution in [1.29, 1.82) is 0 Å². The predicted molar refractivity (Wildman–Crippen MR) is 128 cm³/mol. The second kappa shape index (κ2) is 11.2. The van der Waals surface area contributed by atoms with Gasteiger partial charge >= 0.3 is 0 Å². The van der Waals surface area contributed by atoms with Crippen molar-refractivity contribution in [3.05, 3.63) is 60.2 Å². The molecule has 0 aromatic heterocycles. The van der Waals surface area contributed by atoms with E-state index < -0.39 is 15.9 Å². The van der Waals surface area contributed by atoms with Crippen LogP contribution < -0.4 is 14.5 Å². The summed E-state index contributed by atoms with van der Waals surface area (Å²) >= 11 is 0. The lowest BCUT2D eigenvalue weighted by Crippen LogP contribution is -2.42. The summed E-state index contributed by atoms with van der Waals surface area (Å²) in [4.78, 5) is 28.8. The van der Waals surface area contributed by atoms with Crippen LogP contribution in [0.3, 0.4) is 0 Å². The van der Waals surface area contributed by atoms with Crippen molar-refractivity contribution in [1.82, 2.24) is 10.2 Å². The van der Waals surface area contributed by atoms with Crippen LogP contribution in [-0.4, -0.2) is 84.4 Å². The molecule has 0 bridgehead atoms. The first-order chi connectivity index (χ1) is 15.8. The third-order valence-electron chi connectivity index (χ3n) is 5.35. The highest BCUT2D eigenvalue weighted by Gasteiger charge is 2.22. The molecule has 0 unspecified atom stereocenters. The van der Waals surface area contributed by atoms with Gasteiger partial charge in [0.1, 0.15) is 6.54 Å². The van der Waals surface area contributed by atoms with E-state index >= 15 is 0 Å². The Hall–Kier alpha value is -3.11. The Bertz CT molecular complexity index is 1040. The summed E-state index contributed by atoms with van der Waals surface area (Å²) < 4.78 is 31.0. The second-order valence-electron chi connectivity index (χ2n) is 7.83. The fraction of sp³-hybridized carbons (Fsp3) is 0.391. The monoisotopic (exact) mass is 474 g/mol. The molecule has 2 aromatic rings. The van der Waals surface area contributed by atoms with E-state index in [1.54, 1.807) is 29.2 Å². The lowest BCUT2D eigenvalue weighted by Gasteiger charge is -2.27. The van der Waals surface area contributed by atoms with Crippen LogP contribution in [-0.2, 0) is 19.6 Å². The van der Waals surface area contributed by atoms with Gasteiger partial charge < -0.3 is 19.9 Å². The van der Waals surface area contributed by atoms with E-state index in [2.05, 4.69) is 5.32 Å². The summed E-state index contributed by atoms with van der Waals surface area (Å²) in [6.45, 7) is 2.65. The molecule has 3 rings (SSSR count). The Labute approximate surface area is 195 Å². The van der Waals surface area contributed by atoms with Gasteiger partial charge in [0.15, 0.2) is 0 Å². The number of carbonyl (C=O) groups is 2. The highest BCUT2D eigenvalue weighted by molar-refractivity contribution is 7.92. The zero-order valence-electron chi connectivity index (χ0n) is 18.9. The van der Waals surface area contributed by atoms with E-state index in [9.17, 15) is 18.0 Å². The lowest BCUT2D eigenvalue weighted by atomic mass is 10.1. The SMILES string of the molecule is CN(CCNC(=O)CN(c1ccc(C(=O)N2CCOCC2)cc1)S(C)(=O)=O)c1ccccc1. The Balaban J connectivity index is 1.59. The van der Waals surface area contributed by atoms with E-state index in [4.69, 9.17) is 4.74 Å². The number of morpholine rings is 1. The molecule has 0 aliphatic carbocycles. The number of para-hydroxylation sites is 1. The molecular formula is C23H30N4O5S. The molecular weight excluding hydrogens is 444 g/mol. The maximum absolute atomic E-state index is 12.6. The standard InChI is InChI=1S/C23H30N4O5S/c1-25(20-6-4-3-5-7-20)13-12-24-22(28)18-27(33(2,30)31)21-10-8-19(9-11-21)23(29)26-14-16-32-17-15-26/h3-11H,12-18H2,1-2H3,(H,24,28). The quantitative estimate of drug-likeness (QED) is 0.586. The number of carbonyl (C=O) groups excluding carboxylic acids is 2. The molecule has 2 aromatic carbocycles. The van der Waals surface area contributed by atoms with Gasteiger partial charge in [0.05, 0.1) is 25.2 Å². The number of ether oxygens (including phenoxy) is 1. The molecule has 1 aliphatic rings. The highest BCUT2D eigenvalue weighted by Crippen LogP contribution is 2.19. The summed E-state index contributed by atoms with van der Waals surface area (Å²) in [5.41, 5.74) is 1.81. The molecule has 1 N–H and O–H groups in total. The highest BCUT2D eigenvalue weighted by atomic mass is 32.2. The van der Waals surface area contributed by atoms with Gasteiger partial charge in [0, 0.05) is 44.5 Å². The molecule has 9 nitrogen and oxygen atoms in total. The van der Waals surface area contributed by atoms with Gasteiger partial charge in [-0.2, -0.15) is 0 Å². The minimum absolute atomic E-state index is 0.129. The average molecular weight is 475 g/mol. The first-order valence-electron chi connectivity index (χ1n) is 10.7. The minimum atomic E-state index is -3.70. The number of likely N-dealkylation sites (N-methyl/N-ethyl adjacent to an activating group) is 1. The largest absolute Gasteiger partial charge is 0.378 e. The van der Waals surface area contributed by atoms with Gasteiger partial charge in [-0.3, -0.25) is 13.9 Å². The maximum Gasteiger partial charge on any atom is 0.254 e. The van der Waals surface area contributed by atoms with Crippen molar-refractivity contribution >= 4 is 33.2 Å². The molecule has 1 saturated heterocycles. The topological polar surface area (TPSA) is 99.3 Å². The van der Waals surface area contributed by atoms with E-state index in [0.29, 0.717) is 50.6 Å². The van der Waals surface area contributed by atoms with Crippen molar-refractivity contribution in [3.8, 4) is 0 Å². The van der Waals surface area contributed by atoms with Crippen molar-refractivity contribution in [2.75, 3.05) is 68.4 Å². The molecule has 0 saturated carbocycles. The Morgan fingerprint density at radius 2 is 1.64 bits per heavy atom. The van der Waals surface area contributed by atoms with E-state index in [0.717, 1.165) is 16.2 Å². The number of sulfonamides is 1. The van der Waals surface area contributed by atoms with Crippen molar-refractivity contribution in [3.63, 3.8) is 0 Å². The van der Waals surface area contributed by atoms with Crippen LogP contribution in [0.5, 0.6) is 0 Å². The molecule has 10 heteroatoms. The fourth-order valence-corrected chi connectivity index (χ4v) is 4.34. The summed E-state index contributed by atoms with van der Waals surface area (Å²) in [5.74, 6) is -0.536. The molecule has 1 aliphatic heterocycles. The number of nitrogens with zero attached hydrogens (tertiary/aromatic N) is 3. The predicted octanol–water partition coefficient (Wildman–Crippen LogP) is 1.18. The Morgan fingerprint density at radius 3 is 2.24 bits per heavy atom. The first kappa shape index (κ1) is 24.5. The van der Waals surface area contributed by atoms with Crippen LogP contribution >= 0.6 is 0 Å². The van der Waals surface area contributed by atoms with Crippen LogP contribution in [0.25, 0.3) is 0 Å². The van der Waals surface area contributed by atoms with Gasteiger partial charge in [-0.25, -0.2) is 8.42 Å². The molecule has 0 atom stereocenters. The van der Waals surface area contributed by atoms with Gasteiger partial charge in [0.2, 0.25) is 15.9 Å². The smallest absolute Gasteiger partial charge is 0.254 e. The number of hydrogen-bond donors (Lipinski definition) is 1. The number of anilines is 2. The number of rotatable bonds is 9. The van der Waals surface area contributed by atoms with E-state index in [-0.39, 0.29) is 12.5 Å². The van der Waals surface area contributed by atoms with Gasteiger partial charge in [-0.15, -0.1) is 0 Å². The van der Waals surface area contributed by atoms with Crippen LogP contribution in [0.1, 0.15) is 10.4 Å². The maximum atomic E-state index is 12.6. The summed E-state index contributed by atoms with van der Waals surface area (Å²) in [7, 11) is -1.78. The molecule has 2 amide bonds. The number of amides is 2. The van der Waals surface area contributed by atoms with Crippen molar-refractivity contribution in [2.24, 2.45) is 0 Å². The molecule has 0 spiro atoms. The summed E-state index contributed by atoms with van der Waals surface area (Å²) in [6.07, 6.45) is 1.05. The Morgan fingerprint density at radius 1 is 1.00 bits per heavy atom. The van der Waals surface area contributed by atoms with E-state index in [1.807, 2.05) is 42.3 Å². The van der Waals surface area contributed by atoms with Crippen molar-refractivity contribution in [2.45, 2.75) is 0 Å². The third kappa shape index (κ3) is 6.93. The minimum Gasteiger partial charge on any atom is -0.378 e. The van der Waals surface area contributed by atoms with Crippen LogP contribution in [0, 0.1) is 0 Å². The van der Waals surface area contributed by atoms with Gasteiger partial charge in [-0.1, -0.05) is 18.2 Å². The van der Waals surface area contributed by atoms with Crippen LogP contribution in [0.15, 0.2) is 54.6 Å². The van der Waals surface area contributed by atoms with E-state index in [1.165, 1.54) is 0 Å². The van der Waals surface area contributed by atoms with Gasteiger partial charge in [-0.05, 0) is 36.4 Å². The second-order valence-corrected chi connectivity index (χ2v) is 9.73. The molecule has 1 fully saturated rings. The molecule has 0 radical (unpaired) electrons. The van der Waals surface area contributed by atoms with Crippen LogP contribution in [0.2, 0.25) is 0 Å². The summed E-state index contributed by atoms with van der Waals surface area (Å²) in [5, 5.41) is 2.77. The van der Waals surface area contributed by atoms with Crippen LogP contribution in [0.4, 0.5) is 11.4 Å². The fourth-order valence-electron chi connectivity index (χ4n) is 3.48. The zero-order chi connectivity index (χ0) is 23.8.